The van der Waals surface area contributed by atoms with Crippen molar-refractivity contribution < 1.29 is 4.79 Å². The van der Waals surface area contributed by atoms with Crippen molar-refractivity contribution in [3.05, 3.63) is 0 Å². The van der Waals surface area contributed by atoms with E-state index in [1.54, 1.807) is 0 Å². The van der Waals surface area contributed by atoms with Crippen LogP contribution in [-0.2, 0) is 4.79 Å². The lowest BCUT2D eigenvalue weighted by atomic mass is 10.1. The lowest BCUT2D eigenvalue weighted by Gasteiger charge is -2.42. The number of ketones is 1. The van der Waals surface area contributed by atoms with Crippen molar-refractivity contribution in [3.8, 4) is 0 Å². The van der Waals surface area contributed by atoms with Crippen LogP contribution in [0.5, 0.6) is 0 Å². The molecule has 0 aromatic heterocycles. The van der Waals surface area contributed by atoms with Crippen LogP contribution in [0, 0.1) is 5.92 Å². The fourth-order valence-corrected chi connectivity index (χ4v) is 2.40. The third-order valence-electron chi connectivity index (χ3n) is 3.85. The number of hydrogen-bond acceptors (Lipinski definition) is 3. The van der Waals surface area contributed by atoms with Crippen LogP contribution in [0.4, 0.5) is 0 Å². The summed E-state index contributed by atoms with van der Waals surface area (Å²) >= 11 is 0. The summed E-state index contributed by atoms with van der Waals surface area (Å²) in [5.41, 5.74) is 0. The highest BCUT2D eigenvalue weighted by Crippen LogP contribution is 2.30. The monoisotopic (exact) mass is 210 g/mol. The molecule has 0 N–H and O–H groups in total. The van der Waals surface area contributed by atoms with Gasteiger partial charge >= 0.3 is 0 Å². The van der Waals surface area contributed by atoms with Gasteiger partial charge in [-0.1, -0.05) is 0 Å². The molecule has 86 valence electrons. The number of piperazine rings is 1. The minimum absolute atomic E-state index is 0.412. The third kappa shape index (κ3) is 2.58. The van der Waals surface area contributed by atoms with Crippen molar-refractivity contribution >= 4 is 5.78 Å². The van der Waals surface area contributed by atoms with E-state index in [-0.39, 0.29) is 0 Å². The zero-order chi connectivity index (χ0) is 11.0. The van der Waals surface area contributed by atoms with Crippen molar-refractivity contribution in [1.82, 2.24) is 9.80 Å². The van der Waals surface area contributed by atoms with E-state index in [2.05, 4.69) is 30.7 Å². The van der Waals surface area contributed by atoms with E-state index in [0.29, 0.717) is 30.3 Å². The molecule has 2 atom stereocenters. The van der Waals surface area contributed by atoms with Crippen LogP contribution in [0.3, 0.4) is 0 Å². The molecule has 2 fully saturated rings. The summed E-state index contributed by atoms with van der Waals surface area (Å²) in [6.45, 7) is 7.25. The summed E-state index contributed by atoms with van der Waals surface area (Å²) < 4.78 is 0. The molecule has 0 aromatic carbocycles. The number of likely N-dealkylation sites (N-methyl/N-ethyl adjacent to an activating group) is 1. The standard InChI is InChI=1S/C12H22N2O/c1-9-6-14(7-10(2)13(9)3)8-12(15)11-4-5-11/h9-11H,4-8H2,1-3H3/t9-,10+. The van der Waals surface area contributed by atoms with E-state index in [4.69, 9.17) is 0 Å². The predicted molar refractivity (Wildman–Crippen MR) is 60.9 cm³/mol. The molecule has 1 heterocycles. The molecule has 3 heteroatoms. The summed E-state index contributed by atoms with van der Waals surface area (Å²) in [5.74, 6) is 0.884. The number of nitrogens with zero attached hydrogens (tertiary/aromatic N) is 2. The molecular formula is C12H22N2O. The Morgan fingerprint density at radius 1 is 1.20 bits per heavy atom. The third-order valence-corrected chi connectivity index (χ3v) is 3.85. The predicted octanol–water partition coefficient (Wildman–Crippen LogP) is 0.990. The van der Waals surface area contributed by atoms with Crippen molar-refractivity contribution in [2.45, 2.75) is 38.8 Å². The fourth-order valence-electron chi connectivity index (χ4n) is 2.40. The normalized spacial score (nSPS) is 34.3. The van der Waals surface area contributed by atoms with Gasteiger partial charge < -0.3 is 0 Å². The quantitative estimate of drug-likeness (QED) is 0.694. The number of carbonyl (C=O) groups excluding carboxylic acids is 1. The van der Waals surface area contributed by atoms with Gasteiger partial charge in [0.25, 0.3) is 0 Å². The second-order valence-corrected chi connectivity index (χ2v) is 5.30. The van der Waals surface area contributed by atoms with Crippen LogP contribution in [-0.4, -0.2) is 54.3 Å². The molecule has 1 saturated carbocycles. The van der Waals surface area contributed by atoms with E-state index >= 15 is 0 Å². The van der Waals surface area contributed by atoms with Gasteiger partial charge in [-0.2, -0.15) is 0 Å². The van der Waals surface area contributed by atoms with Gasteiger partial charge in [0, 0.05) is 31.1 Å². The zero-order valence-corrected chi connectivity index (χ0v) is 10.1. The minimum atomic E-state index is 0.412. The average Bonchev–Trinajstić information content (AvgIpc) is 2.96. The molecule has 1 aliphatic heterocycles. The average molecular weight is 210 g/mol. The zero-order valence-electron chi connectivity index (χ0n) is 10.1. The SMILES string of the molecule is C[C@@H]1CN(CC(=O)C2CC2)C[C@H](C)N1C. The number of carbonyl (C=O) groups is 1. The fraction of sp³-hybridized carbons (Fsp3) is 0.917. The summed E-state index contributed by atoms with van der Waals surface area (Å²) in [4.78, 5) is 16.4. The van der Waals surface area contributed by atoms with Crippen LogP contribution in [0.1, 0.15) is 26.7 Å². The molecular weight excluding hydrogens is 188 g/mol. The molecule has 1 saturated heterocycles. The lowest BCUT2D eigenvalue weighted by molar-refractivity contribution is -0.122. The van der Waals surface area contributed by atoms with Crippen molar-refractivity contribution in [2.75, 3.05) is 26.7 Å². The van der Waals surface area contributed by atoms with Gasteiger partial charge in [-0.25, -0.2) is 0 Å². The lowest BCUT2D eigenvalue weighted by Crippen LogP contribution is -2.55. The highest BCUT2D eigenvalue weighted by molar-refractivity contribution is 5.85. The van der Waals surface area contributed by atoms with Crippen LogP contribution in [0.2, 0.25) is 0 Å². The number of Topliss-reactive ketones (excluding diaryl/α,β-unsaturated/α-hetero) is 1. The Bertz CT molecular complexity index is 238. The Morgan fingerprint density at radius 3 is 2.20 bits per heavy atom. The Balaban J connectivity index is 1.85. The highest BCUT2D eigenvalue weighted by Gasteiger charge is 2.33. The molecule has 3 nitrogen and oxygen atoms in total. The maximum absolute atomic E-state index is 11.7. The highest BCUT2D eigenvalue weighted by atomic mass is 16.1. The Morgan fingerprint density at radius 2 is 1.73 bits per heavy atom. The summed E-state index contributed by atoms with van der Waals surface area (Å²) in [6.07, 6.45) is 2.27. The topological polar surface area (TPSA) is 23.6 Å². The Kier molecular flexibility index (Phi) is 3.12. The van der Waals surface area contributed by atoms with Gasteiger partial charge in [0.2, 0.25) is 0 Å². The number of hydrogen-bond donors (Lipinski definition) is 0. The van der Waals surface area contributed by atoms with E-state index < -0.39 is 0 Å². The van der Waals surface area contributed by atoms with Crippen molar-refractivity contribution in [2.24, 2.45) is 5.92 Å². The van der Waals surface area contributed by atoms with E-state index in [9.17, 15) is 4.79 Å². The van der Waals surface area contributed by atoms with Crippen LogP contribution < -0.4 is 0 Å². The molecule has 0 radical (unpaired) electrons. The smallest absolute Gasteiger partial charge is 0.149 e. The van der Waals surface area contributed by atoms with Gasteiger partial charge in [0.1, 0.15) is 5.78 Å². The Labute approximate surface area is 92.4 Å². The van der Waals surface area contributed by atoms with Gasteiger partial charge in [-0.3, -0.25) is 14.6 Å². The van der Waals surface area contributed by atoms with Crippen molar-refractivity contribution in [1.29, 1.82) is 0 Å². The summed E-state index contributed by atoms with van der Waals surface area (Å²) in [6, 6.07) is 1.14. The largest absolute Gasteiger partial charge is 0.298 e. The first-order valence-corrected chi connectivity index (χ1v) is 6.05. The van der Waals surface area contributed by atoms with E-state index in [0.717, 1.165) is 25.9 Å². The van der Waals surface area contributed by atoms with E-state index in [1.807, 2.05) is 0 Å². The molecule has 0 aromatic rings. The first-order valence-electron chi connectivity index (χ1n) is 6.05. The second kappa shape index (κ2) is 4.22. The van der Waals surface area contributed by atoms with Gasteiger partial charge in [0.15, 0.2) is 0 Å². The molecule has 0 spiro atoms. The van der Waals surface area contributed by atoms with E-state index in [1.165, 1.54) is 0 Å². The Hall–Kier alpha value is -0.410. The van der Waals surface area contributed by atoms with Crippen LogP contribution in [0.15, 0.2) is 0 Å². The molecule has 15 heavy (non-hydrogen) atoms. The molecule has 2 aliphatic rings. The number of rotatable bonds is 3. The van der Waals surface area contributed by atoms with Crippen LogP contribution >= 0.6 is 0 Å². The molecule has 1 aliphatic carbocycles. The van der Waals surface area contributed by atoms with Gasteiger partial charge in [-0.05, 0) is 33.7 Å². The molecule has 2 rings (SSSR count). The van der Waals surface area contributed by atoms with Crippen LogP contribution in [0.25, 0.3) is 0 Å². The maximum atomic E-state index is 11.7. The molecule has 0 bridgehead atoms. The molecule has 0 amide bonds. The summed E-state index contributed by atoms with van der Waals surface area (Å²) in [7, 11) is 2.18. The van der Waals surface area contributed by atoms with Gasteiger partial charge in [-0.15, -0.1) is 0 Å². The first-order chi connectivity index (χ1) is 7.08. The molecule has 0 unspecified atom stereocenters. The maximum Gasteiger partial charge on any atom is 0.149 e. The second-order valence-electron chi connectivity index (χ2n) is 5.30. The first kappa shape index (κ1) is 11.1. The minimum Gasteiger partial charge on any atom is -0.298 e. The van der Waals surface area contributed by atoms with Gasteiger partial charge in [0.05, 0.1) is 6.54 Å². The summed E-state index contributed by atoms with van der Waals surface area (Å²) in [5, 5.41) is 0. The van der Waals surface area contributed by atoms with Crippen molar-refractivity contribution in [3.63, 3.8) is 0 Å².